The van der Waals surface area contributed by atoms with E-state index in [4.69, 9.17) is 10.5 Å². The summed E-state index contributed by atoms with van der Waals surface area (Å²) in [5.74, 6) is 0.665. The molecule has 3 heteroatoms. The lowest BCUT2D eigenvalue weighted by Crippen LogP contribution is -2.11. The summed E-state index contributed by atoms with van der Waals surface area (Å²) in [6.07, 6.45) is 1.14. The van der Waals surface area contributed by atoms with Crippen LogP contribution in [0.5, 0.6) is 5.88 Å². The highest BCUT2D eigenvalue weighted by molar-refractivity contribution is 5.82. The van der Waals surface area contributed by atoms with Crippen molar-refractivity contribution >= 4 is 10.9 Å². The molecule has 0 saturated carbocycles. The van der Waals surface area contributed by atoms with E-state index in [9.17, 15) is 0 Å². The standard InChI is InChI=1S/C14H18N2O/c1-3-10(2)17-14-8-11(9-15)12-6-4-5-7-13(12)16-14/h4-8,10H,3,9,15H2,1-2H3. The van der Waals surface area contributed by atoms with Gasteiger partial charge in [-0.25, -0.2) is 4.98 Å². The van der Waals surface area contributed by atoms with Gasteiger partial charge in [0.15, 0.2) is 0 Å². The minimum atomic E-state index is 0.175. The van der Waals surface area contributed by atoms with Crippen LogP contribution in [0, 0.1) is 0 Å². The van der Waals surface area contributed by atoms with Crippen LogP contribution in [0.25, 0.3) is 10.9 Å². The molecule has 2 N–H and O–H groups in total. The summed E-state index contributed by atoms with van der Waals surface area (Å²) >= 11 is 0. The first kappa shape index (κ1) is 11.9. The van der Waals surface area contributed by atoms with Gasteiger partial charge in [0.2, 0.25) is 5.88 Å². The summed E-state index contributed by atoms with van der Waals surface area (Å²) in [5, 5.41) is 1.10. The van der Waals surface area contributed by atoms with Crippen LogP contribution in [0.3, 0.4) is 0 Å². The van der Waals surface area contributed by atoms with Crippen molar-refractivity contribution in [1.82, 2.24) is 4.98 Å². The van der Waals surface area contributed by atoms with Crippen LogP contribution in [-0.2, 0) is 6.54 Å². The number of hydrogen-bond donors (Lipinski definition) is 1. The van der Waals surface area contributed by atoms with Crippen LogP contribution in [-0.4, -0.2) is 11.1 Å². The molecule has 0 spiro atoms. The van der Waals surface area contributed by atoms with Crippen LogP contribution in [0.2, 0.25) is 0 Å². The molecule has 17 heavy (non-hydrogen) atoms. The molecule has 1 unspecified atom stereocenters. The predicted octanol–water partition coefficient (Wildman–Crippen LogP) is 2.87. The Labute approximate surface area is 102 Å². The Morgan fingerprint density at radius 3 is 2.82 bits per heavy atom. The Bertz CT molecular complexity index is 511. The van der Waals surface area contributed by atoms with Crippen molar-refractivity contribution in [3.8, 4) is 5.88 Å². The van der Waals surface area contributed by atoms with Gasteiger partial charge in [-0.15, -0.1) is 0 Å². The van der Waals surface area contributed by atoms with Gasteiger partial charge in [-0.05, 0) is 25.0 Å². The van der Waals surface area contributed by atoms with Crippen molar-refractivity contribution in [1.29, 1.82) is 0 Å². The number of nitrogens with zero attached hydrogens (tertiary/aromatic N) is 1. The molecule has 3 nitrogen and oxygen atoms in total. The predicted molar refractivity (Wildman–Crippen MR) is 70.0 cm³/mol. The summed E-state index contributed by atoms with van der Waals surface area (Å²) in [4.78, 5) is 4.49. The second-order valence-corrected chi connectivity index (χ2v) is 4.18. The van der Waals surface area contributed by atoms with Crippen molar-refractivity contribution in [2.24, 2.45) is 5.73 Å². The molecular weight excluding hydrogens is 212 g/mol. The topological polar surface area (TPSA) is 48.1 Å². The number of aromatic nitrogens is 1. The average Bonchev–Trinajstić information content (AvgIpc) is 2.37. The van der Waals surface area contributed by atoms with Gasteiger partial charge >= 0.3 is 0 Å². The summed E-state index contributed by atoms with van der Waals surface area (Å²) in [5.41, 5.74) is 7.78. The van der Waals surface area contributed by atoms with Gasteiger partial charge in [-0.2, -0.15) is 0 Å². The molecule has 1 atom stereocenters. The molecule has 2 aromatic rings. The number of fused-ring (bicyclic) bond motifs is 1. The SMILES string of the molecule is CCC(C)Oc1cc(CN)c2ccccc2n1. The lowest BCUT2D eigenvalue weighted by Gasteiger charge is -2.13. The fourth-order valence-electron chi connectivity index (χ4n) is 1.74. The van der Waals surface area contributed by atoms with Gasteiger partial charge in [0.25, 0.3) is 0 Å². The number of nitrogens with two attached hydrogens (primary N) is 1. The first-order valence-electron chi connectivity index (χ1n) is 6.00. The van der Waals surface area contributed by atoms with Crippen molar-refractivity contribution in [2.75, 3.05) is 0 Å². The molecule has 1 aromatic carbocycles. The van der Waals surface area contributed by atoms with Crippen LogP contribution in [0.4, 0.5) is 0 Å². The van der Waals surface area contributed by atoms with Crippen LogP contribution < -0.4 is 10.5 Å². The average molecular weight is 230 g/mol. The number of para-hydroxylation sites is 1. The highest BCUT2D eigenvalue weighted by Crippen LogP contribution is 2.22. The molecule has 0 radical (unpaired) electrons. The maximum atomic E-state index is 5.76. The number of hydrogen-bond acceptors (Lipinski definition) is 3. The summed E-state index contributed by atoms with van der Waals surface area (Å²) in [6.45, 7) is 4.63. The Morgan fingerprint density at radius 2 is 2.12 bits per heavy atom. The number of pyridine rings is 1. The highest BCUT2D eigenvalue weighted by atomic mass is 16.5. The fourth-order valence-corrected chi connectivity index (χ4v) is 1.74. The molecular formula is C14H18N2O. The number of ether oxygens (including phenoxy) is 1. The van der Waals surface area contributed by atoms with E-state index >= 15 is 0 Å². The zero-order valence-electron chi connectivity index (χ0n) is 10.3. The molecule has 0 saturated heterocycles. The maximum absolute atomic E-state index is 5.76. The third-order valence-electron chi connectivity index (χ3n) is 2.90. The van der Waals surface area contributed by atoms with E-state index in [1.807, 2.05) is 37.3 Å². The Kier molecular flexibility index (Phi) is 3.59. The first-order valence-corrected chi connectivity index (χ1v) is 6.00. The summed E-state index contributed by atoms with van der Waals surface area (Å²) < 4.78 is 5.75. The minimum absolute atomic E-state index is 0.175. The smallest absolute Gasteiger partial charge is 0.214 e. The van der Waals surface area contributed by atoms with Crippen LogP contribution >= 0.6 is 0 Å². The van der Waals surface area contributed by atoms with Gasteiger partial charge in [-0.1, -0.05) is 25.1 Å². The van der Waals surface area contributed by atoms with Gasteiger partial charge in [-0.3, -0.25) is 0 Å². The highest BCUT2D eigenvalue weighted by Gasteiger charge is 2.07. The fraction of sp³-hybridized carbons (Fsp3) is 0.357. The zero-order chi connectivity index (χ0) is 12.3. The van der Waals surface area contributed by atoms with Crippen LogP contribution in [0.1, 0.15) is 25.8 Å². The summed E-state index contributed by atoms with van der Waals surface area (Å²) in [7, 11) is 0. The minimum Gasteiger partial charge on any atom is -0.475 e. The Morgan fingerprint density at radius 1 is 1.35 bits per heavy atom. The Hall–Kier alpha value is -1.61. The number of rotatable bonds is 4. The lowest BCUT2D eigenvalue weighted by atomic mass is 10.1. The molecule has 1 aromatic heterocycles. The van der Waals surface area contributed by atoms with Crippen molar-refractivity contribution < 1.29 is 4.74 Å². The van der Waals surface area contributed by atoms with E-state index in [0.717, 1.165) is 22.9 Å². The van der Waals surface area contributed by atoms with E-state index in [0.29, 0.717) is 12.4 Å². The molecule has 2 rings (SSSR count). The summed E-state index contributed by atoms with van der Waals surface area (Å²) in [6, 6.07) is 9.94. The molecule has 0 fully saturated rings. The number of benzene rings is 1. The van der Waals surface area contributed by atoms with Gasteiger partial charge in [0.05, 0.1) is 11.6 Å². The first-order chi connectivity index (χ1) is 8.24. The monoisotopic (exact) mass is 230 g/mol. The third kappa shape index (κ3) is 2.56. The van der Waals surface area contributed by atoms with Crippen molar-refractivity contribution in [3.05, 3.63) is 35.9 Å². The van der Waals surface area contributed by atoms with Gasteiger partial charge in [0, 0.05) is 18.0 Å². The maximum Gasteiger partial charge on any atom is 0.214 e. The molecule has 90 valence electrons. The second-order valence-electron chi connectivity index (χ2n) is 4.18. The lowest BCUT2D eigenvalue weighted by molar-refractivity contribution is 0.209. The van der Waals surface area contributed by atoms with Crippen molar-refractivity contribution in [2.45, 2.75) is 32.9 Å². The van der Waals surface area contributed by atoms with Crippen LogP contribution in [0.15, 0.2) is 30.3 Å². The van der Waals surface area contributed by atoms with Gasteiger partial charge in [0.1, 0.15) is 0 Å². The third-order valence-corrected chi connectivity index (χ3v) is 2.90. The molecule has 0 aliphatic rings. The normalized spacial score (nSPS) is 12.6. The molecule has 0 bridgehead atoms. The largest absolute Gasteiger partial charge is 0.475 e. The van der Waals surface area contributed by atoms with E-state index in [2.05, 4.69) is 11.9 Å². The zero-order valence-corrected chi connectivity index (χ0v) is 10.3. The molecule has 0 aliphatic carbocycles. The molecule has 0 aliphatic heterocycles. The Balaban J connectivity index is 2.45. The van der Waals surface area contributed by atoms with Gasteiger partial charge < -0.3 is 10.5 Å². The second kappa shape index (κ2) is 5.15. The van der Waals surface area contributed by atoms with E-state index in [1.54, 1.807) is 0 Å². The van der Waals surface area contributed by atoms with E-state index in [1.165, 1.54) is 0 Å². The molecule has 1 heterocycles. The quantitative estimate of drug-likeness (QED) is 0.878. The molecule has 0 amide bonds. The van der Waals surface area contributed by atoms with E-state index < -0.39 is 0 Å². The van der Waals surface area contributed by atoms with Crippen molar-refractivity contribution in [3.63, 3.8) is 0 Å². The van der Waals surface area contributed by atoms with E-state index in [-0.39, 0.29) is 6.10 Å².